The summed E-state index contributed by atoms with van der Waals surface area (Å²) in [5.41, 5.74) is 0.998. The summed E-state index contributed by atoms with van der Waals surface area (Å²) in [6.45, 7) is 9.03. The van der Waals surface area contributed by atoms with E-state index >= 15 is 0 Å². The van der Waals surface area contributed by atoms with Gasteiger partial charge in [0.25, 0.3) is 0 Å². The fourth-order valence-corrected chi connectivity index (χ4v) is 4.67. The molecule has 166 valence electrons. The lowest BCUT2D eigenvalue weighted by atomic mass is 10.2. The average Bonchev–Trinajstić information content (AvgIpc) is 2.63. The Balaban J connectivity index is 3.38. The number of anilines is 2. The first-order chi connectivity index (χ1) is 13.4. The standard InChI is InChI=1S/C18H32N4O5S2/c1-7-21(8-2)17-12-11-15(29(26,27)22(9-3)10-4)13-16(17)19-18(23)14-20(5)28(6,24)25/h11-13H,7-10,14H2,1-6H3,(H,19,23). The van der Waals surface area contributed by atoms with Crippen molar-refractivity contribution in [3.63, 3.8) is 0 Å². The van der Waals surface area contributed by atoms with Crippen LogP contribution in [0.15, 0.2) is 23.1 Å². The monoisotopic (exact) mass is 448 g/mol. The van der Waals surface area contributed by atoms with E-state index < -0.39 is 26.0 Å². The second-order valence-corrected chi connectivity index (χ2v) is 10.5. The van der Waals surface area contributed by atoms with Gasteiger partial charge in [0.1, 0.15) is 0 Å². The molecule has 11 heteroatoms. The van der Waals surface area contributed by atoms with Gasteiger partial charge in [-0.05, 0) is 32.0 Å². The molecule has 0 heterocycles. The molecule has 1 amide bonds. The fourth-order valence-electron chi connectivity index (χ4n) is 2.84. The predicted octanol–water partition coefficient (Wildman–Crippen LogP) is 1.39. The summed E-state index contributed by atoms with van der Waals surface area (Å²) in [5.74, 6) is -0.552. The van der Waals surface area contributed by atoms with Gasteiger partial charge in [-0.1, -0.05) is 13.8 Å². The Kier molecular flexibility index (Phi) is 9.07. The van der Waals surface area contributed by atoms with Crippen molar-refractivity contribution in [2.24, 2.45) is 0 Å². The highest BCUT2D eigenvalue weighted by molar-refractivity contribution is 7.89. The van der Waals surface area contributed by atoms with Gasteiger partial charge >= 0.3 is 0 Å². The number of sulfonamides is 2. The number of nitrogens with one attached hydrogen (secondary N) is 1. The molecule has 0 aromatic heterocycles. The minimum Gasteiger partial charge on any atom is -0.370 e. The Hall–Kier alpha value is -1.69. The van der Waals surface area contributed by atoms with Crippen LogP contribution >= 0.6 is 0 Å². The average molecular weight is 449 g/mol. The number of rotatable bonds is 11. The quantitative estimate of drug-likeness (QED) is 0.548. The van der Waals surface area contributed by atoms with Crippen LogP contribution in [0.3, 0.4) is 0 Å². The second-order valence-electron chi connectivity index (χ2n) is 6.51. The second kappa shape index (κ2) is 10.4. The lowest BCUT2D eigenvalue weighted by molar-refractivity contribution is -0.116. The summed E-state index contributed by atoms with van der Waals surface area (Å²) in [4.78, 5) is 14.5. The van der Waals surface area contributed by atoms with Gasteiger partial charge in [-0.3, -0.25) is 4.79 Å². The van der Waals surface area contributed by atoms with E-state index in [9.17, 15) is 21.6 Å². The molecule has 1 rings (SSSR count). The summed E-state index contributed by atoms with van der Waals surface area (Å²) in [7, 11) is -5.91. The number of amides is 1. The molecular weight excluding hydrogens is 416 g/mol. The van der Waals surface area contributed by atoms with Crippen molar-refractivity contribution in [2.75, 3.05) is 56.2 Å². The largest absolute Gasteiger partial charge is 0.370 e. The van der Waals surface area contributed by atoms with Crippen molar-refractivity contribution < 1.29 is 21.6 Å². The topological polar surface area (TPSA) is 107 Å². The number of nitrogens with zero attached hydrogens (tertiary/aromatic N) is 3. The van der Waals surface area contributed by atoms with Crippen LogP contribution in [0, 0.1) is 0 Å². The highest BCUT2D eigenvalue weighted by atomic mass is 32.2. The minimum absolute atomic E-state index is 0.0730. The molecular formula is C18H32N4O5S2. The normalized spacial score (nSPS) is 12.4. The molecule has 1 aromatic carbocycles. The van der Waals surface area contributed by atoms with Crippen molar-refractivity contribution in [2.45, 2.75) is 32.6 Å². The summed E-state index contributed by atoms with van der Waals surface area (Å²) < 4.78 is 51.1. The van der Waals surface area contributed by atoms with Gasteiger partial charge in [-0.2, -0.15) is 8.61 Å². The molecule has 9 nitrogen and oxygen atoms in total. The lowest BCUT2D eigenvalue weighted by Crippen LogP contribution is -2.35. The first kappa shape index (κ1) is 25.3. The number of hydrogen-bond acceptors (Lipinski definition) is 6. The maximum absolute atomic E-state index is 12.9. The molecule has 0 aliphatic rings. The van der Waals surface area contributed by atoms with Crippen molar-refractivity contribution >= 4 is 37.3 Å². The Labute approximate surface area is 174 Å². The van der Waals surface area contributed by atoms with Gasteiger partial charge in [-0.15, -0.1) is 0 Å². The lowest BCUT2D eigenvalue weighted by Gasteiger charge is -2.26. The summed E-state index contributed by atoms with van der Waals surface area (Å²) in [6.07, 6.45) is 1.01. The summed E-state index contributed by atoms with van der Waals surface area (Å²) >= 11 is 0. The van der Waals surface area contributed by atoms with E-state index in [4.69, 9.17) is 0 Å². The van der Waals surface area contributed by atoms with Crippen LogP contribution < -0.4 is 10.2 Å². The third-order valence-corrected chi connectivity index (χ3v) is 7.93. The molecule has 0 aliphatic carbocycles. The first-order valence-electron chi connectivity index (χ1n) is 9.52. The molecule has 0 bridgehead atoms. The molecule has 1 N–H and O–H groups in total. The van der Waals surface area contributed by atoms with Gasteiger partial charge in [0.15, 0.2) is 0 Å². The van der Waals surface area contributed by atoms with Crippen molar-refractivity contribution in [1.29, 1.82) is 0 Å². The number of benzene rings is 1. The van der Waals surface area contributed by atoms with E-state index in [2.05, 4.69) is 5.32 Å². The van der Waals surface area contributed by atoms with Crippen molar-refractivity contribution in [1.82, 2.24) is 8.61 Å². The van der Waals surface area contributed by atoms with Gasteiger partial charge < -0.3 is 10.2 Å². The number of hydrogen-bond donors (Lipinski definition) is 1. The van der Waals surface area contributed by atoms with E-state index in [-0.39, 0.29) is 11.4 Å². The molecule has 29 heavy (non-hydrogen) atoms. The van der Waals surface area contributed by atoms with E-state index in [1.165, 1.54) is 23.5 Å². The number of carbonyl (C=O) groups is 1. The molecule has 0 fully saturated rings. The molecule has 0 atom stereocenters. The zero-order valence-electron chi connectivity index (χ0n) is 18.0. The zero-order valence-corrected chi connectivity index (χ0v) is 19.6. The summed E-state index contributed by atoms with van der Waals surface area (Å²) in [5, 5.41) is 2.68. The molecule has 0 unspecified atom stereocenters. The van der Waals surface area contributed by atoms with E-state index in [0.717, 1.165) is 10.6 Å². The maximum Gasteiger partial charge on any atom is 0.243 e. The van der Waals surface area contributed by atoms with Crippen LogP contribution in [0.25, 0.3) is 0 Å². The van der Waals surface area contributed by atoms with Gasteiger partial charge in [-0.25, -0.2) is 16.8 Å². The molecule has 0 radical (unpaired) electrons. The molecule has 1 aromatic rings. The smallest absolute Gasteiger partial charge is 0.243 e. The van der Waals surface area contributed by atoms with Gasteiger partial charge in [0.2, 0.25) is 26.0 Å². The van der Waals surface area contributed by atoms with Crippen LogP contribution in [-0.2, 0) is 24.8 Å². The van der Waals surface area contributed by atoms with Crippen molar-refractivity contribution in [3.8, 4) is 0 Å². The van der Waals surface area contributed by atoms with Crippen LogP contribution in [-0.4, -0.2) is 77.4 Å². The van der Waals surface area contributed by atoms with E-state index in [1.54, 1.807) is 19.9 Å². The third kappa shape index (κ3) is 6.39. The number of carbonyl (C=O) groups excluding carboxylic acids is 1. The Morgan fingerprint density at radius 2 is 1.52 bits per heavy atom. The fraction of sp³-hybridized carbons (Fsp3) is 0.611. The Morgan fingerprint density at radius 1 is 0.966 bits per heavy atom. The molecule has 0 saturated carbocycles. The highest BCUT2D eigenvalue weighted by Gasteiger charge is 2.24. The van der Waals surface area contributed by atoms with Crippen LogP contribution in [0.2, 0.25) is 0 Å². The van der Waals surface area contributed by atoms with Gasteiger partial charge in [0, 0.05) is 33.2 Å². The first-order valence-corrected chi connectivity index (χ1v) is 12.8. The minimum atomic E-state index is -3.70. The molecule has 0 aliphatic heterocycles. The predicted molar refractivity (Wildman–Crippen MR) is 116 cm³/mol. The van der Waals surface area contributed by atoms with E-state index in [0.29, 0.717) is 37.6 Å². The van der Waals surface area contributed by atoms with Crippen LogP contribution in [0.1, 0.15) is 27.7 Å². The van der Waals surface area contributed by atoms with Crippen LogP contribution in [0.4, 0.5) is 11.4 Å². The number of likely N-dealkylation sites (N-methyl/N-ethyl adjacent to an activating group) is 1. The van der Waals surface area contributed by atoms with Crippen molar-refractivity contribution in [3.05, 3.63) is 18.2 Å². The third-order valence-electron chi connectivity index (χ3n) is 4.62. The summed E-state index contributed by atoms with van der Waals surface area (Å²) in [6, 6.07) is 4.62. The van der Waals surface area contributed by atoms with Crippen LogP contribution in [0.5, 0.6) is 0 Å². The Morgan fingerprint density at radius 3 is 1.97 bits per heavy atom. The zero-order chi connectivity index (χ0) is 22.4. The van der Waals surface area contributed by atoms with Gasteiger partial charge in [0.05, 0.1) is 29.1 Å². The van der Waals surface area contributed by atoms with E-state index in [1.807, 2.05) is 18.7 Å². The molecule has 0 saturated heterocycles. The Bertz CT molecular complexity index is 908. The molecule has 0 spiro atoms. The SMILES string of the molecule is CCN(CC)c1ccc(S(=O)(=O)N(CC)CC)cc1NC(=O)CN(C)S(C)(=O)=O. The maximum atomic E-state index is 12.9. The highest BCUT2D eigenvalue weighted by Crippen LogP contribution is 2.30.